The van der Waals surface area contributed by atoms with Crippen LogP contribution in [0.1, 0.15) is 79.4 Å². The topological polar surface area (TPSA) is 73.8 Å². The van der Waals surface area contributed by atoms with E-state index >= 15 is 0 Å². The molecular weight excluding hydrogens is 570 g/mol. The largest absolute Gasteiger partial charge is 0.494 e. The van der Waals surface area contributed by atoms with Crippen LogP contribution in [0.4, 0.5) is 0 Å². The van der Waals surface area contributed by atoms with Gasteiger partial charge in [-0.05, 0) is 101 Å². The third-order valence-electron chi connectivity index (χ3n) is 10.7. The van der Waals surface area contributed by atoms with Crippen LogP contribution >= 0.6 is 0 Å². The van der Waals surface area contributed by atoms with Gasteiger partial charge in [-0.2, -0.15) is 0 Å². The summed E-state index contributed by atoms with van der Waals surface area (Å²) in [5.41, 5.74) is 4.80. The van der Waals surface area contributed by atoms with Crippen LogP contribution in [0.3, 0.4) is 0 Å². The van der Waals surface area contributed by atoms with Crippen molar-refractivity contribution in [2.24, 2.45) is 0 Å². The standard InChI is InChI=1S/C35H52B2O8/c1-31(2)32(3,4)43-36(42-31)25-11-13-27-28-14-12-26(37-44-33(5,6)34(7,8)45-37)24-30(28)35(29(27)23-25,15-17-40-21-19-38-9)16-18-41-22-20-39-10/h11-14,23-24H,15-22H2,1-10H3. The molecule has 0 radical (unpaired) electrons. The van der Waals surface area contributed by atoms with Crippen molar-refractivity contribution < 1.29 is 37.6 Å². The number of fused-ring (bicyclic) bond motifs is 3. The summed E-state index contributed by atoms with van der Waals surface area (Å²) in [6.45, 7) is 20.0. The zero-order valence-corrected chi connectivity index (χ0v) is 29.0. The zero-order chi connectivity index (χ0) is 32.7. The number of hydrogen-bond donors (Lipinski definition) is 0. The summed E-state index contributed by atoms with van der Waals surface area (Å²) in [6.07, 6.45) is 1.54. The van der Waals surface area contributed by atoms with E-state index < -0.39 is 36.6 Å². The number of methoxy groups -OCH3 is 2. The number of hydrogen-bond acceptors (Lipinski definition) is 8. The number of ether oxygens (including phenoxy) is 4. The van der Waals surface area contributed by atoms with Gasteiger partial charge in [0.15, 0.2) is 0 Å². The Balaban J connectivity index is 1.58. The Labute approximate surface area is 271 Å². The molecule has 2 heterocycles. The normalized spacial score (nSPS) is 21.7. The van der Waals surface area contributed by atoms with Gasteiger partial charge in [0, 0.05) is 32.8 Å². The molecule has 0 atom stereocenters. The lowest BCUT2D eigenvalue weighted by Crippen LogP contribution is -2.41. The molecule has 3 aliphatic rings. The van der Waals surface area contributed by atoms with Crippen molar-refractivity contribution in [3.05, 3.63) is 47.5 Å². The predicted molar refractivity (Wildman–Crippen MR) is 179 cm³/mol. The quantitative estimate of drug-likeness (QED) is 0.223. The lowest BCUT2D eigenvalue weighted by Gasteiger charge is -2.33. The maximum Gasteiger partial charge on any atom is 0.494 e. The molecule has 246 valence electrons. The van der Waals surface area contributed by atoms with Gasteiger partial charge in [-0.15, -0.1) is 0 Å². The fourth-order valence-electron chi connectivity index (χ4n) is 6.43. The van der Waals surface area contributed by atoms with Crippen molar-refractivity contribution in [3.63, 3.8) is 0 Å². The third kappa shape index (κ3) is 6.55. The van der Waals surface area contributed by atoms with Crippen LogP contribution < -0.4 is 10.9 Å². The maximum absolute atomic E-state index is 6.50. The first-order valence-corrected chi connectivity index (χ1v) is 16.3. The Morgan fingerprint density at radius 1 is 0.511 bits per heavy atom. The highest BCUT2D eigenvalue weighted by atomic mass is 16.7. The third-order valence-corrected chi connectivity index (χ3v) is 10.7. The van der Waals surface area contributed by atoms with Gasteiger partial charge in [0.1, 0.15) is 0 Å². The van der Waals surface area contributed by atoms with Gasteiger partial charge < -0.3 is 37.6 Å². The molecule has 5 rings (SSSR count). The number of rotatable bonds is 14. The highest BCUT2D eigenvalue weighted by Gasteiger charge is 2.54. The molecule has 0 N–H and O–H groups in total. The Kier molecular flexibility index (Phi) is 10.0. The predicted octanol–water partition coefficient (Wildman–Crippen LogP) is 4.66. The summed E-state index contributed by atoms with van der Waals surface area (Å²) in [6, 6.07) is 13.3. The Morgan fingerprint density at radius 3 is 1.20 bits per heavy atom. The van der Waals surface area contributed by atoms with Crippen molar-refractivity contribution in [2.45, 2.75) is 96.1 Å². The summed E-state index contributed by atoms with van der Waals surface area (Å²) >= 11 is 0. The molecule has 2 aromatic rings. The molecule has 10 heteroatoms. The average molecular weight is 622 g/mol. The van der Waals surface area contributed by atoms with Crippen molar-refractivity contribution in [1.29, 1.82) is 0 Å². The van der Waals surface area contributed by atoms with Gasteiger partial charge >= 0.3 is 14.2 Å². The average Bonchev–Trinajstić information content (AvgIpc) is 3.47. The molecule has 0 aromatic heterocycles. The zero-order valence-electron chi connectivity index (χ0n) is 29.0. The summed E-state index contributed by atoms with van der Waals surface area (Å²) < 4.78 is 48.7. The second-order valence-corrected chi connectivity index (χ2v) is 14.6. The Morgan fingerprint density at radius 2 is 0.867 bits per heavy atom. The smallest absolute Gasteiger partial charge is 0.399 e. The van der Waals surface area contributed by atoms with Gasteiger partial charge in [0.25, 0.3) is 0 Å². The van der Waals surface area contributed by atoms with Gasteiger partial charge in [-0.25, -0.2) is 0 Å². The van der Waals surface area contributed by atoms with Crippen LogP contribution in [0.15, 0.2) is 36.4 Å². The first-order valence-electron chi connectivity index (χ1n) is 16.3. The minimum atomic E-state index is -0.460. The second kappa shape index (κ2) is 13.0. The summed E-state index contributed by atoms with van der Waals surface area (Å²) in [5.74, 6) is 0. The number of benzene rings is 2. The van der Waals surface area contributed by atoms with E-state index in [0.717, 1.165) is 23.8 Å². The van der Waals surface area contributed by atoms with Gasteiger partial charge in [-0.3, -0.25) is 0 Å². The second-order valence-electron chi connectivity index (χ2n) is 14.6. The molecule has 2 saturated heterocycles. The van der Waals surface area contributed by atoms with E-state index in [1.165, 1.54) is 22.3 Å². The summed E-state index contributed by atoms with van der Waals surface area (Å²) in [4.78, 5) is 0. The van der Waals surface area contributed by atoms with Crippen LogP contribution in [-0.2, 0) is 43.0 Å². The van der Waals surface area contributed by atoms with Gasteiger partial charge in [0.2, 0.25) is 0 Å². The van der Waals surface area contributed by atoms with E-state index in [2.05, 4.69) is 91.8 Å². The highest BCUT2D eigenvalue weighted by Crippen LogP contribution is 2.53. The Hall–Kier alpha value is -1.75. The fraction of sp³-hybridized carbons (Fsp3) is 0.657. The molecule has 2 aromatic carbocycles. The SMILES string of the molecule is COCCOCCC1(CCOCCOC)c2cc(B3OC(C)(C)C(C)(C)O3)ccc2-c2ccc(B3OC(C)(C)C(C)(C)O3)cc21. The summed E-state index contributed by atoms with van der Waals surface area (Å²) in [7, 11) is 2.47. The molecule has 8 nitrogen and oxygen atoms in total. The molecule has 45 heavy (non-hydrogen) atoms. The van der Waals surface area contributed by atoms with Crippen molar-refractivity contribution >= 4 is 25.2 Å². The lowest BCUT2D eigenvalue weighted by molar-refractivity contribution is 0.00578. The van der Waals surface area contributed by atoms with E-state index in [4.69, 9.17) is 37.6 Å². The molecular formula is C35H52B2O8. The first-order chi connectivity index (χ1) is 21.2. The van der Waals surface area contributed by atoms with E-state index in [-0.39, 0.29) is 5.41 Å². The molecule has 2 fully saturated rings. The van der Waals surface area contributed by atoms with Crippen molar-refractivity contribution in [3.8, 4) is 11.1 Å². The van der Waals surface area contributed by atoms with E-state index in [1.807, 2.05) is 0 Å². The van der Waals surface area contributed by atoms with Crippen LogP contribution in [0, 0.1) is 0 Å². The van der Waals surface area contributed by atoms with E-state index in [0.29, 0.717) is 39.6 Å². The monoisotopic (exact) mass is 622 g/mol. The van der Waals surface area contributed by atoms with E-state index in [1.54, 1.807) is 14.2 Å². The molecule has 0 spiro atoms. The first kappa shape index (κ1) is 34.6. The summed E-state index contributed by atoms with van der Waals surface area (Å²) in [5, 5.41) is 0. The Bertz CT molecular complexity index is 1210. The molecule has 1 aliphatic carbocycles. The molecule has 0 amide bonds. The van der Waals surface area contributed by atoms with Crippen molar-refractivity contribution in [1.82, 2.24) is 0 Å². The highest BCUT2D eigenvalue weighted by molar-refractivity contribution is 6.62. The van der Waals surface area contributed by atoms with Crippen LogP contribution in [0.5, 0.6) is 0 Å². The minimum absolute atomic E-state index is 0.385. The lowest BCUT2D eigenvalue weighted by atomic mass is 9.68. The molecule has 0 unspecified atom stereocenters. The van der Waals surface area contributed by atoms with E-state index in [9.17, 15) is 0 Å². The maximum atomic E-state index is 6.50. The van der Waals surface area contributed by atoms with Crippen LogP contribution in [0.25, 0.3) is 11.1 Å². The van der Waals surface area contributed by atoms with Crippen molar-refractivity contribution in [2.75, 3.05) is 53.9 Å². The molecule has 2 aliphatic heterocycles. The minimum Gasteiger partial charge on any atom is -0.399 e. The van der Waals surface area contributed by atoms with Crippen LogP contribution in [0.2, 0.25) is 0 Å². The fourth-order valence-corrected chi connectivity index (χ4v) is 6.43. The van der Waals surface area contributed by atoms with Gasteiger partial charge in [0.05, 0.1) is 48.8 Å². The molecule has 0 bridgehead atoms. The van der Waals surface area contributed by atoms with Gasteiger partial charge in [-0.1, -0.05) is 36.4 Å². The van der Waals surface area contributed by atoms with Crippen LogP contribution in [-0.4, -0.2) is 90.5 Å². The molecule has 0 saturated carbocycles.